The summed E-state index contributed by atoms with van der Waals surface area (Å²) in [5.41, 5.74) is 0.397. The lowest BCUT2D eigenvalue weighted by molar-refractivity contribution is 0.0697. The van der Waals surface area contributed by atoms with E-state index < -0.39 is 5.97 Å². The van der Waals surface area contributed by atoms with Crippen molar-refractivity contribution in [3.05, 3.63) is 21.9 Å². The first-order valence-corrected chi connectivity index (χ1v) is 8.27. The molecule has 2 N–H and O–H groups in total. The molecule has 20 heavy (non-hydrogen) atoms. The molecule has 2 rings (SSSR count). The highest BCUT2D eigenvalue weighted by Crippen LogP contribution is 2.16. The van der Waals surface area contributed by atoms with Crippen LogP contribution in [0.15, 0.2) is 11.4 Å². The van der Waals surface area contributed by atoms with Crippen molar-refractivity contribution in [1.82, 2.24) is 10.2 Å². The normalized spacial score (nSPS) is 17.4. The SMILES string of the molecule is CC1CCN(CCCNCc2cc(C(=O)O)cs2)CC1. The van der Waals surface area contributed by atoms with Gasteiger partial charge >= 0.3 is 5.97 Å². The molecule has 112 valence electrons. The number of likely N-dealkylation sites (tertiary alicyclic amines) is 1. The molecule has 4 nitrogen and oxygen atoms in total. The minimum absolute atomic E-state index is 0.397. The van der Waals surface area contributed by atoms with Gasteiger partial charge in [-0.05, 0) is 57.4 Å². The van der Waals surface area contributed by atoms with Crippen LogP contribution < -0.4 is 5.32 Å². The van der Waals surface area contributed by atoms with Crippen molar-refractivity contribution in [3.8, 4) is 0 Å². The van der Waals surface area contributed by atoms with E-state index in [1.165, 1.54) is 43.8 Å². The Balaban J connectivity index is 1.56. The molecule has 0 spiro atoms. The van der Waals surface area contributed by atoms with E-state index in [1.54, 1.807) is 11.4 Å². The maximum absolute atomic E-state index is 10.8. The Morgan fingerprint density at radius 1 is 1.50 bits per heavy atom. The van der Waals surface area contributed by atoms with E-state index in [1.807, 2.05) is 0 Å². The number of rotatable bonds is 7. The van der Waals surface area contributed by atoms with Crippen LogP contribution in [0.4, 0.5) is 0 Å². The van der Waals surface area contributed by atoms with Gasteiger partial charge in [0, 0.05) is 16.8 Å². The summed E-state index contributed by atoms with van der Waals surface area (Å²) >= 11 is 1.51. The molecule has 2 heterocycles. The maximum Gasteiger partial charge on any atom is 0.336 e. The number of aromatic carboxylic acids is 1. The fourth-order valence-electron chi connectivity index (χ4n) is 2.51. The molecular formula is C15H24N2O2S. The summed E-state index contributed by atoms with van der Waals surface area (Å²) in [7, 11) is 0. The largest absolute Gasteiger partial charge is 0.478 e. The van der Waals surface area contributed by atoms with Crippen molar-refractivity contribution in [2.24, 2.45) is 5.92 Å². The summed E-state index contributed by atoms with van der Waals surface area (Å²) < 4.78 is 0. The molecule has 1 aromatic heterocycles. The number of piperidine rings is 1. The fourth-order valence-corrected chi connectivity index (χ4v) is 3.34. The standard InChI is InChI=1S/C15H24N2O2S/c1-12-3-7-17(8-4-12)6-2-5-16-10-14-9-13(11-20-14)15(18)19/h9,11-12,16H,2-8,10H2,1H3,(H,18,19). The zero-order valence-electron chi connectivity index (χ0n) is 12.1. The molecule has 1 aromatic rings. The van der Waals surface area contributed by atoms with Gasteiger partial charge in [-0.3, -0.25) is 0 Å². The van der Waals surface area contributed by atoms with E-state index in [-0.39, 0.29) is 0 Å². The van der Waals surface area contributed by atoms with Crippen LogP contribution in [0.3, 0.4) is 0 Å². The Hall–Kier alpha value is -0.910. The molecule has 0 aliphatic carbocycles. The number of carboxylic acid groups (broad SMARTS) is 1. The molecule has 0 aromatic carbocycles. The van der Waals surface area contributed by atoms with E-state index in [9.17, 15) is 4.79 Å². The molecule has 1 fully saturated rings. The quantitative estimate of drug-likeness (QED) is 0.760. The number of carbonyl (C=O) groups is 1. The number of carboxylic acids is 1. The lowest BCUT2D eigenvalue weighted by atomic mass is 9.99. The van der Waals surface area contributed by atoms with E-state index in [0.717, 1.165) is 30.3 Å². The summed E-state index contributed by atoms with van der Waals surface area (Å²) in [6.07, 6.45) is 3.83. The highest BCUT2D eigenvalue weighted by molar-refractivity contribution is 7.10. The van der Waals surface area contributed by atoms with Crippen molar-refractivity contribution in [2.75, 3.05) is 26.2 Å². The molecule has 1 saturated heterocycles. The van der Waals surface area contributed by atoms with Crippen LogP contribution in [0, 0.1) is 5.92 Å². The Morgan fingerprint density at radius 2 is 2.25 bits per heavy atom. The van der Waals surface area contributed by atoms with Crippen molar-refractivity contribution in [3.63, 3.8) is 0 Å². The predicted octanol–water partition coefficient (Wildman–Crippen LogP) is 2.66. The smallest absolute Gasteiger partial charge is 0.336 e. The van der Waals surface area contributed by atoms with Gasteiger partial charge in [0.05, 0.1) is 5.56 Å². The first-order chi connectivity index (χ1) is 9.65. The molecule has 0 bridgehead atoms. The van der Waals surface area contributed by atoms with Gasteiger partial charge in [0.15, 0.2) is 0 Å². The second-order valence-corrected chi connectivity index (χ2v) is 6.66. The third-order valence-electron chi connectivity index (χ3n) is 3.90. The average molecular weight is 296 g/mol. The molecule has 0 radical (unpaired) electrons. The lowest BCUT2D eigenvalue weighted by Crippen LogP contribution is -2.34. The second kappa shape index (κ2) is 7.76. The number of nitrogens with zero attached hydrogens (tertiary/aromatic N) is 1. The Bertz CT molecular complexity index is 425. The minimum Gasteiger partial charge on any atom is -0.478 e. The number of nitrogens with one attached hydrogen (secondary N) is 1. The maximum atomic E-state index is 10.8. The molecule has 5 heteroatoms. The summed E-state index contributed by atoms with van der Waals surface area (Å²) in [6.45, 7) is 7.76. The van der Waals surface area contributed by atoms with Gasteiger partial charge in [-0.25, -0.2) is 4.79 Å². The highest BCUT2D eigenvalue weighted by Gasteiger charge is 2.14. The summed E-state index contributed by atoms with van der Waals surface area (Å²) in [6, 6.07) is 1.76. The summed E-state index contributed by atoms with van der Waals surface area (Å²) in [5.74, 6) is 0.0541. The summed E-state index contributed by atoms with van der Waals surface area (Å²) in [5, 5.41) is 13.9. The van der Waals surface area contributed by atoms with Crippen molar-refractivity contribution < 1.29 is 9.90 Å². The third kappa shape index (κ3) is 4.89. The fraction of sp³-hybridized carbons (Fsp3) is 0.667. The monoisotopic (exact) mass is 296 g/mol. The van der Waals surface area contributed by atoms with Crippen LogP contribution in [-0.2, 0) is 6.54 Å². The molecule has 0 saturated carbocycles. The second-order valence-electron chi connectivity index (χ2n) is 5.66. The van der Waals surface area contributed by atoms with Crippen LogP contribution in [0.1, 0.15) is 41.4 Å². The number of thiophene rings is 1. The van der Waals surface area contributed by atoms with Gasteiger partial charge in [-0.1, -0.05) is 6.92 Å². The Kier molecular flexibility index (Phi) is 6.01. The van der Waals surface area contributed by atoms with Crippen LogP contribution in [0.25, 0.3) is 0 Å². The van der Waals surface area contributed by atoms with Gasteiger partial charge in [0.25, 0.3) is 0 Å². The van der Waals surface area contributed by atoms with Crippen molar-refractivity contribution in [1.29, 1.82) is 0 Å². The molecule has 0 atom stereocenters. The Labute approximate surface area is 124 Å². The Morgan fingerprint density at radius 3 is 2.90 bits per heavy atom. The average Bonchev–Trinajstić information content (AvgIpc) is 2.89. The first-order valence-electron chi connectivity index (χ1n) is 7.39. The van der Waals surface area contributed by atoms with E-state index >= 15 is 0 Å². The van der Waals surface area contributed by atoms with Crippen LogP contribution in [-0.4, -0.2) is 42.2 Å². The van der Waals surface area contributed by atoms with Crippen molar-refractivity contribution >= 4 is 17.3 Å². The van der Waals surface area contributed by atoms with Crippen LogP contribution in [0.2, 0.25) is 0 Å². The zero-order valence-corrected chi connectivity index (χ0v) is 12.9. The van der Waals surface area contributed by atoms with Crippen molar-refractivity contribution in [2.45, 2.75) is 32.7 Å². The highest BCUT2D eigenvalue weighted by atomic mass is 32.1. The van der Waals surface area contributed by atoms with E-state index in [0.29, 0.717) is 5.56 Å². The molecule has 1 aliphatic rings. The van der Waals surface area contributed by atoms with Gasteiger partial charge in [0.2, 0.25) is 0 Å². The number of hydrogen-bond donors (Lipinski definition) is 2. The van der Waals surface area contributed by atoms with Gasteiger partial charge in [0.1, 0.15) is 0 Å². The topological polar surface area (TPSA) is 52.6 Å². The lowest BCUT2D eigenvalue weighted by Gasteiger charge is -2.30. The van der Waals surface area contributed by atoms with Gasteiger partial charge in [-0.15, -0.1) is 11.3 Å². The molecule has 1 aliphatic heterocycles. The predicted molar refractivity (Wildman–Crippen MR) is 82.4 cm³/mol. The molecular weight excluding hydrogens is 272 g/mol. The first kappa shape index (κ1) is 15.5. The van der Waals surface area contributed by atoms with Crippen LogP contribution in [0.5, 0.6) is 0 Å². The van der Waals surface area contributed by atoms with Gasteiger partial charge < -0.3 is 15.3 Å². The molecule has 0 amide bonds. The summed E-state index contributed by atoms with van der Waals surface area (Å²) in [4.78, 5) is 14.4. The zero-order chi connectivity index (χ0) is 14.4. The number of hydrogen-bond acceptors (Lipinski definition) is 4. The third-order valence-corrected chi connectivity index (χ3v) is 4.84. The van der Waals surface area contributed by atoms with E-state index in [4.69, 9.17) is 5.11 Å². The minimum atomic E-state index is -0.841. The van der Waals surface area contributed by atoms with E-state index in [2.05, 4.69) is 17.1 Å². The molecule has 0 unspecified atom stereocenters. The van der Waals surface area contributed by atoms with Crippen LogP contribution >= 0.6 is 11.3 Å². The van der Waals surface area contributed by atoms with Gasteiger partial charge in [-0.2, -0.15) is 0 Å².